The Morgan fingerprint density at radius 1 is 0.889 bits per heavy atom. The van der Waals surface area contributed by atoms with Gasteiger partial charge < -0.3 is 4.90 Å². The summed E-state index contributed by atoms with van der Waals surface area (Å²) in [7, 11) is -1.56. The molecule has 1 unspecified atom stereocenters. The van der Waals surface area contributed by atoms with E-state index in [1.54, 1.807) is 4.52 Å². The van der Waals surface area contributed by atoms with E-state index in [1.807, 2.05) is 61.2 Å². The lowest BCUT2D eigenvalue weighted by molar-refractivity contribution is 0.436. The maximum absolute atomic E-state index is 12.0. The molecule has 0 radical (unpaired) electrons. The number of nitrogens with zero attached hydrogens (tertiary/aromatic N) is 5. The summed E-state index contributed by atoms with van der Waals surface area (Å²) in [6.07, 6.45) is 10.0. The van der Waals surface area contributed by atoms with E-state index in [-0.39, 0.29) is 7.43 Å². The summed E-state index contributed by atoms with van der Waals surface area (Å²) in [5.74, 6) is 1.83. The summed E-state index contributed by atoms with van der Waals surface area (Å²) in [5, 5.41) is 12.1. The Bertz CT molecular complexity index is 1550. The number of rotatable bonds is 4. The van der Waals surface area contributed by atoms with Gasteiger partial charge in [0.05, 0.1) is 11.1 Å². The van der Waals surface area contributed by atoms with Gasteiger partial charge in [-0.1, -0.05) is 44.7 Å². The zero-order valence-corrected chi connectivity index (χ0v) is 20.3. The molecule has 0 spiro atoms. The number of anilines is 1. The van der Waals surface area contributed by atoms with E-state index in [4.69, 9.17) is 15.1 Å². The second-order valence-electron chi connectivity index (χ2n) is 9.20. The van der Waals surface area contributed by atoms with Crippen LogP contribution in [-0.4, -0.2) is 36.9 Å². The van der Waals surface area contributed by atoms with E-state index in [0.29, 0.717) is 4.90 Å². The van der Waals surface area contributed by atoms with Gasteiger partial charge in [0, 0.05) is 48.4 Å². The Labute approximate surface area is 213 Å². The summed E-state index contributed by atoms with van der Waals surface area (Å²) >= 11 is 0. The van der Waals surface area contributed by atoms with Crippen molar-refractivity contribution < 1.29 is 4.21 Å². The molecule has 1 atom stereocenters. The van der Waals surface area contributed by atoms with Crippen molar-refractivity contribution in [2.24, 2.45) is 11.1 Å². The number of hydrogen-bond acceptors (Lipinski definition) is 5. The smallest absolute Gasteiger partial charge is 0.162 e. The predicted octanol–water partition coefficient (Wildman–Crippen LogP) is 5.47. The third-order valence-electron chi connectivity index (χ3n) is 6.94. The van der Waals surface area contributed by atoms with E-state index in [2.05, 4.69) is 29.1 Å². The molecule has 8 heteroatoms. The Hall–Kier alpha value is -3.62. The molecule has 0 amide bonds. The zero-order chi connectivity index (χ0) is 23.9. The maximum atomic E-state index is 12.0. The third-order valence-corrected chi connectivity index (χ3v) is 7.73. The van der Waals surface area contributed by atoms with Crippen molar-refractivity contribution in [3.05, 3.63) is 73.3 Å². The van der Waals surface area contributed by atoms with Crippen LogP contribution in [0.5, 0.6) is 0 Å². The van der Waals surface area contributed by atoms with Crippen LogP contribution in [0.4, 0.5) is 5.82 Å². The van der Waals surface area contributed by atoms with Gasteiger partial charge in [-0.05, 0) is 53.3 Å². The average molecular weight is 499 g/mol. The molecule has 1 aliphatic rings. The monoisotopic (exact) mass is 498 g/mol. The Kier molecular flexibility index (Phi) is 6.55. The molecule has 2 aromatic carbocycles. The van der Waals surface area contributed by atoms with Crippen molar-refractivity contribution in [1.82, 2.24) is 19.6 Å². The van der Waals surface area contributed by atoms with Crippen molar-refractivity contribution in [1.29, 1.82) is 0 Å². The number of nitrogens with two attached hydrogens (primary N) is 1. The highest BCUT2D eigenvalue weighted by molar-refractivity contribution is 7.83. The summed E-state index contributed by atoms with van der Waals surface area (Å²) in [4.78, 5) is 12.5. The number of piperidine rings is 1. The molecule has 6 rings (SSSR count). The predicted molar refractivity (Wildman–Crippen MR) is 147 cm³/mol. The molecule has 3 aromatic heterocycles. The minimum atomic E-state index is -1.56. The Morgan fingerprint density at radius 3 is 2.36 bits per heavy atom. The lowest BCUT2D eigenvalue weighted by Crippen LogP contribution is -2.33. The van der Waals surface area contributed by atoms with Gasteiger partial charge in [-0.3, -0.25) is 0 Å². The number of aromatic nitrogens is 4. The molecule has 0 aliphatic carbocycles. The van der Waals surface area contributed by atoms with Crippen LogP contribution in [0, 0.1) is 5.92 Å². The number of hydrogen-bond donors (Lipinski definition) is 1. The van der Waals surface area contributed by atoms with Gasteiger partial charge in [-0.25, -0.2) is 23.8 Å². The van der Waals surface area contributed by atoms with Gasteiger partial charge in [-0.15, -0.1) is 0 Å². The molecular formula is C28H30N6OS. The molecule has 36 heavy (non-hydrogen) atoms. The molecule has 1 fully saturated rings. The Balaban J connectivity index is 0.00000267. The molecule has 1 saturated heterocycles. The lowest BCUT2D eigenvalue weighted by Gasteiger charge is -2.31. The van der Waals surface area contributed by atoms with Gasteiger partial charge in [0.2, 0.25) is 0 Å². The second kappa shape index (κ2) is 9.79. The minimum absolute atomic E-state index is 0. The van der Waals surface area contributed by atoms with Crippen molar-refractivity contribution in [2.45, 2.75) is 32.1 Å². The number of benzene rings is 2. The average Bonchev–Trinajstić information content (AvgIpc) is 3.31. The van der Waals surface area contributed by atoms with Crippen molar-refractivity contribution in [2.75, 3.05) is 18.0 Å². The van der Waals surface area contributed by atoms with Crippen molar-refractivity contribution >= 4 is 33.2 Å². The molecule has 4 heterocycles. The van der Waals surface area contributed by atoms with Gasteiger partial charge in [0.25, 0.3) is 0 Å². The van der Waals surface area contributed by atoms with E-state index in [1.165, 1.54) is 12.8 Å². The van der Waals surface area contributed by atoms with Crippen molar-refractivity contribution in [3.8, 4) is 22.3 Å². The van der Waals surface area contributed by atoms with Crippen LogP contribution >= 0.6 is 0 Å². The van der Waals surface area contributed by atoms with Crippen LogP contribution < -0.4 is 10.0 Å². The molecule has 5 aromatic rings. The first-order valence-corrected chi connectivity index (χ1v) is 13.0. The standard InChI is InChI=1S/C27H26N6OS.CH4/c1-18-10-12-32(13-11-18)26-9-6-19(14-29-26)20-15-30-27-24(16-31-33(27)17-20)22-7-8-25(35(28)34)23-5-3-2-4-21(22)23;/h2-9,14-18H,10-13,28H2,1H3;1H4. The molecule has 2 N–H and O–H groups in total. The fraction of sp³-hybridized carbons (Fsp3) is 0.250. The molecule has 0 bridgehead atoms. The summed E-state index contributed by atoms with van der Waals surface area (Å²) in [6.45, 7) is 4.44. The number of pyridine rings is 1. The molecular weight excluding hydrogens is 468 g/mol. The van der Waals surface area contributed by atoms with Crippen LogP contribution in [0.25, 0.3) is 38.7 Å². The molecule has 7 nitrogen and oxygen atoms in total. The highest BCUT2D eigenvalue weighted by Gasteiger charge is 2.18. The fourth-order valence-corrected chi connectivity index (χ4v) is 5.47. The quantitative estimate of drug-likeness (QED) is 0.355. The third kappa shape index (κ3) is 4.27. The van der Waals surface area contributed by atoms with Gasteiger partial charge in [0.1, 0.15) is 16.8 Å². The first-order chi connectivity index (χ1) is 17.1. The van der Waals surface area contributed by atoms with E-state index < -0.39 is 11.0 Å². The van der Waals surface area contributed by atoms with Gasteiger partial charge >= 0.3 is 0 Å². The summed E-state index contributed by atoms with van der Waals surface area (Å²) in [5.41, 5.74) is 4.61. The van der Waals surface area contributed by atoms with Crippen LogP contribution in [0.2, 0.25) is 0 Å². The van der Waals surface area contributed by atoms with E-state index in [9.17, 15) is 4.21 Å². The SMILES string of the molecule is C.CC1CCN(c2ccc(-c3cnc4c(-c5ccc(S(N)=O)c6ccccc56)cnn4c3)cn2)CC1. The minimum Gasteiger partial charge on any atom is -0.357 e. The zero-order valence-electron chi connectivity index (χ0n) is 19.5. The maximum Gasteiger partial charge on any atom is 0.162 e. The van der Waals surface area contributed by atoms with Crippen LogP contribution in [0.3, 0.4) is 0 Å². The largest absolute Gasteiger partial charge is 0.357 e. The van der Waals surface area contributed by atoms with Crippen molar-refractivity contribution in [3.63, 3.8) is 0 Å². The van der Waals surface area contributed by atoms with Crippen LogP contribution in [0.15, 0.2) is 78.2 Å². The van der Waals surface area contributed by atoms with Crippen LogP contribution in [0.1, 0.15) is 27.2 Å². The summed E-state index contributed by atoms with van der Waals surface area (Å²) in [6, 6.07) is 15.8. The first-order valence-electron chi connectivity index (χ1n) is 11.8. The summed E-state index contributed by atoms with van der Waals surface area (Å²) < 4.78 is 13.8. The normalized spacial score (nSPS) is 15.2. The molecule has 184 valence electrons. The molecule has 0 saturated carbocycles. The topological polar surface area (TPSA) is 89.4 Å². The highest BCUT2D eigenvalue weighted by atomic mass is 32.2. The highest BCUT2D eigenvalue weighted by Crippen LogP contribution is 2.34. The van der Waals surface area contributed by atoms with Gasteiger partial charge in [-0.2, -0.15) is 5.10 Å². The van der Waals surface area contributed by atoms with Crippen LogP contribution in [-0.2, 0) is 11.0 Å². The van der Waals surface area contributed by atoms with E-state index >= 15 is 0 Å². The first kappa shape index (κ1) is 24.1. The van der Waals surface area contributed by atoms with E-state index in [0.717, 1.165) is 63.5 Å². The Morgan fingerprint density at radius 2 is 1.64 bits per heavy atom. The van der Waals surface area contributed by atoms with Gasteiger partial charge in [0.15, 0.2) is 5.65 Å². The second-order valence-corrected chi connectivity index (χ2v) is 10.2. The number of fused-ring (bicyclic) bond motifs is 2. The lowest BCUT2D eigenvalue weighted by atomic mass is 9.99. The fourth-order valence-electron chi connectivity index (χ4n) is 4.88. The molecule has 1 aliphatic heterocycles.